The van der Waals surface area contributed by atoms with E-state index in [0.717, 1.165) is 25.2 Å². The number of hydrogen-bond donors (Lipinski definition) is 4. The molecule has 0 aliphatic rings. The molecular weight excluding hydrogens is 248 g/mol. The number of nitrogens with one attached hydrogen (secondary N) is 2. The zero-order valence-electron chi connectivity index (χ0n) is 11.8. The van der Waals surface area contributed by atoms with Gasteiger partial charge in [-0.25, -0.2) is 9.59 Å². The molecule has 2 amide bonds. The number of aliphatic hydroxyl groups is 1. The lowest BCUT2D eigenvalue weighted by Gasteiger charge is -2.12. The first-order chi connectivity index (χ1) is 8.97. The average Bonchev–Trinajstić information content (AvgIpc) is 2.34. The average molecular weight is 274 g/mol. The van der Waals surface area contributed by atoms with Crippen molar-refractivity contribution in [3.63, 3.8) is 0 Å². The minimum absolute atomic E-state index is 0.519. The van der Waals surface area contributed by atoms with Gasteiger partial charge in [0.1, 0.15) is 0 Å². The monoisotopic (exact) mass is 274 g/mol. The molecule has 1 atom stereocenters. The van der Waals surface area contributed by atoms with E-state index >= 15 is 0 Å². The van der Waals surface area contributed by atoms with Crippen molar-refractivity contribution in [2.24, 2.45) is 5.92 Å². The van der Waals surface area contributed by atoms with E-state index in [2.05, 4.69) is 24.5 Å². The largest absolute Gasteiger partial charge is 0.480 e. The Morgan fingerprint density at radius 1 is 1.11 bits per heavy atom. The molecule has 0 aliphatic carbocycles. The molecule has 0 aromatic carbocycles. The number of hydrogen-bond acceptors (Lipinski definition) is 3. The van der Waals surface area contributed by atoms with E-state index in [0.29, 0.717) is 6.54 Å². The van der Waals surface area contributed by atoms with Gasteiger partial charge >= 0.3 is 12.0 Å². The highest BCUT2D eigenvalue weighted by Gasteiger charge is 2.17. The molecule has 0 saturated carbocycles. The van der Waals surface area contributed by atoms with E-state index in [1.165, 1.54) is 12.8 Å². The lowest BCUT2D eigenvalue weighted by molar-refractivity contribution is -0.140. The van der Waals surface area contributed by atoms with Crippen molar-refractivity contribution < 1.29 is 19.8 Å². The maximum Gasteiger partial charge on any atom is 0.328 e. The Hall–Kier alpha value is -1.30. The minimum Gasteiger partial charge on any atom is -0.480 e. The molecule has 112 valence electrons. The van der Waals surface area contributed by atoms with Crippen LogP contribution in [0.5, 0.6) is 0 Å². The van der Waals surface area contributed by atoms with E-state index < -0.39 is 24.6 Å². The summed E-state index contributed by atoms with van der Waals surface area (Å²) in [6.45, 7) is 4.31. The third-order valence-electron chi connectivity index (χ3n) is 2.78. The minimum atomic E-state index is -1.24. The lowest BCUT2D eigenvalue weighted by atomic mass is 10.0. The highest BCUT2D eigenvalue weighted by Crippen LogP contribution is 2.08. The van der Waals surface area contributed by atoms with Crippen LogP contribution in [0.25, 0.3) is 0 Å². The smallest absolute Gasteiger partial charge is 0.328 e. The molecule has 0 aromatic heterocycles. The highest BCUT2D eigenvalue weighted by molar-refractivity contribution is 5.82. The van der Waals surface area contributed by atoms with Crippen molar-refractivity contribution in [2.45, 2.75) is 52.0 Å². The zero-order valence-corrected chi connectivity index (χ0v) is 11.8. The lowest BCUT2D eigenvalue weighted by Crippen LogP contribution is -2.48. The second-order valence-corrected chi connectivity index (χ2v) is 5.07. The fraction of sp³-hybridized carbons (Fsp3) is 0.846. The topological polar surface area (TPSA) is 98.7 Å². The van der Waals surface area contributed by atoms with Crippen LogP contribution in [-0.2, 0) is 4.79 Å². The molecule has 0 unspecified atom stereocenters. The third kappa shape index (κ3) is 10.3. The van der Waals surface area contributed by atoms with Crippen LogP contribution in [-0.4, -0.2) is 41.4 Å². The second-order valence-electron chi connectivity index (χ2n) is 5.07. The van der Waals surface area contributed by atoms with Crippen LogP contribution < -0.4 is 10.6 Å². The first-order valence-electron chi connectivity index (χ1n) is 6.85. The van der Waals surface area contributed by atoms with Gasteiger partial charge in [-0.05, 0) is 12.3 Å². The maximum absolute atomic E-state index is 11.3. The Kier molecular flexibility index (Phi) is 9.88. The van der Waals surface area contributed by atoms with Crippen molar-refractivity contribution in [1.82, 2.24) is 10.6 Å². The van der Waals surface area contributed by atoms with Crippen molar-refractivity contribution in [2.75, 3.05) is 13.2 Å². The molecule has 4 N–H and O–H groups in total. The number of amides is 2. The number of carboxylic acids is 1. The summed E-state index contributed by atoms with van der Waals surface area (Å²) >= 11 is 0. The Morgan fingerprint density at radius 3 is 2.26 bits per heavy atom. The predicted molar refractivity (Wildman–Crippen MR) is 73.0 cm³/mol. The summed E-state index contributed by atoms with van der Waals surface area (Å²) < 4.78 is 0. The van der Waals surface area contributed by atoms with E-state index in [1.54, 1.807) is 0 Å². The summed E-state index contributed by atoms with van der Waals surface area (Å²) in [5.41, 5.74) is 0. The van der Waals surface area contributed by atoms with Gasteiger partial charge in [-0.1, -0.05) is 39.5 Å². The molecule has 0 aliphatic heterocycles. The Bertz CT molecular complexity index is 269. The number of aliphatic hydroxyl groups excluding tert-OH is 1. The highest BCUT2D eigenvalue weighted by atomic mass is 16.4. The predicted octanol–water partition coefficient (Wildman–Crippen LogP) is 1.34. The normalized spacial score (nSPS) is 12.2. The summed E-state index contributed by atoms with van der Waals surface area (Å²) in [6.07, 6.45) is 5.51. The van der Waals surface area contributed by atoms with Gasteiger partial charge in [0.25, 0.3) is 0 Å². The second kappa shape index (κ2) is 10.6. The molecule has 19 heavy (non-hydrogen) atoms. The standard InChI is InChI=1S/C13H26N2O4/c1-10(2)7-5-3-4-6-8-14-13(19)15-11(9-16)12(17)18/h10-11,16H,3-9H2,1-2H3,(H,17,18)(H2,14,15,19)/t11-/m0/s1. The van der Waals surface area contributed by atoms with Crippen molar-refractivity contribution in [3.8, 4) is 0 Å². The summed E-state index contributed by atoms with van der Waals surface area (Å²) in [5, 5.41) is 22.1. The van der Waals surface area contributed by atoms with Gasteiger partial charge in [-0.2, -0.15) is 0 Å². The van der Waals surface area contributed by atoms with Crippen LogP contribution in [0.3, 0.4) is 0 Å². The van der Waals surface area contributed by atoms with Gasteiger partial charge in [0.05, 0.1) is 6.61 Å². The molecule has 6 nitrogen and oxygen atoms in total. The summed E-state index contributed by atoms with van der Waals surface area (Å²) in [6, 6.07) is -1.80. The van der Waals surface area contributed by atoms with Crippen molar-refractivity contribution >= 4 is 12.0 Å². The fourth-order valence-corrected chi connectivity index (χ4v) is 1.63. The SMILES string of the molecule is CC(C)CCCCCCNC(=O)N[C@@H](CO)C(=O)O. The molecule has 0 aromatic rings. The Balaban J connectivity index is 3.51. The van der Waals surface area contributed by atoms with Crippen LogP contribution >= 0.6 is 0 Å². The maximum atomic E-state index is 11.3. The van der Waals surface area contributed by atoms with Crippen LogP contribution in [0.4, 0.5) is 4.79 Å². The summed E-state index contributed by atoms with van der Waals surface area (Å²) in [4.78, 5) is 21.9. The van der Waals surface area contributed by atoms with Crippen LogP contribution in [0.2, 0.25) is 0 Å². The molecule has 6 heteroatoms. The van der Waals surface area contributed by atoms with Crippen LogP contribution in [0.15, 0.2) is 0 Å². The first kappa shape index (κ1) is 17.7. The van der Waals surface area contributed by atoms with Gasteiger partial charge in [0.2, 0.25) is 0 Å². The molecule has 0 saturated heterocycles. The van der Waals surface area contributed by atoms with E-state index in [9.17, 15) is 9.59 Å². The number of unbranched alkanes of at least 4 members (excludes halogenated alkanes) is 3. The Morgan fingerprint density at radius 2 is 1.74 bits per heavy atom. The molecule has 0 radical (unpaired) electrons. The first-order valence-corrected chi connectivity index (χ1v) is 6.85. The number of carbonyl (C=O) groups excluding carboxylic acids is 1. The number of aliphatic carboxylic acids is 1. The van der Waals surface area contributed by atoms with Gasteiger partial charge in [-0.15, -0.1) is 0 Å². The van der Waals surface area contributed by atoms with Gasteiger partial charge < -0.3 is 20.8 Å². The number of rotatable bonds is 10. The van der Waals surface area contributed by atoms with Gasteiger partial charge in [0, 0.05) is 6.54 Å². The number of carbonyl (C=O) groups is 2. The number of urea groups is 1. The van der Waals surface area contributed by atoms with Crippen LogP contribution in [0.1, 0.15) is 46.0 Å². The number of carboxylic acid groups (broad SMARTS) is 1. The molecule has 0 heterocycles. The van der Waals surface area contributed by atoms with E-state index in [1.807, 2.05) is 0 Å². The van der Waals surface area contributed by atoms with E-state index in [-0.39, 0.29) is 0 Å². The van der Waals surface area contributed by atoms with E-state index in [4.69, 9.17) is 10.2 Å². The summed E-state index contributed by atoms with van der Waals surface area (Å²) in [7, 11) is 0. The van der Waals surface area contributed by atoms with Crippen LogP contribution in [0, 0.1) is 5.92 Å². The van der Waals surface area contributed by atoms with Gasteiger partial charge in [-0.3, -0.25) is 0 Å². The molecule has 0 spiro atoms. The van der Waals surface area contributed by atoms with Crippen molar-refractivity contribution in [3.05, 3.63) is 0 Å². The molecular formula is C13H26N2O4. The van der Waals surface area contributed by atoms with Crippen molar-refractivity contribution in [1.29, 1.82) is 0 Å². The zero-order chi connectivity index (χ0) is 14.7. The quantitative estimate of drug-likeness (QED) is 0.452. The summed E-state index contributed by atoms with van der Waals surface area (Å²) in [5.74, 6) is -0.512. The molecule has 0 bridgehead atoms. The van der Waals surface area contributed by atoms with Gasteiger partial charge in [0.15, 0.2) is 6.04 Å². The molecule has 0 rings (SSSR count). The molecule has 0 fully saturated rings. The third-order valence-corrected chi connectivity index (χ3v) is 2.78. The Labute approximate surface area is 114 Å². The fourth-order valence-electron chi connectivity index (χ4n) is 1.63.